The fourth-order valence-electron chi connectivity index (χ4n) is 1.43. The summed E-state index contributed by atoms with van der Waals surface area (Å²) >= 11 is 0. The highest BCUT2D eigenvalue weighted by molar-refractivity contribution is 5.81. The van der Waals surface area contributed by atoms with Crippen LogP contribution >= 0.6 is 0 Å². The minimum absolute atomic E-state index is 0.0162. The van der Waals surface area contributed by atoms with Crippen molar-refractivity contribution in [3.63, 3.8) is 0 Å². The second-order valence-corrected chi connectivity index (χ2v) is 3.08. The fraction of sp³-hybridized carbons (Fsp3) is 0.875. The molecule has 1 aliphatic rings. The van der Waals surface area contributed by atoms with Gasteiger partial charge in [-0.25, -0.2) is 18.0 Å². The zero-order valence-corrected chi connectivity index (χ0v) is 7.28. The molecule has 0 aromatic heterocycles. The average molecular weight is 196 g/mol. The van der Waals surface area contributed by atoms with Crippen molar-refractivity contribution in [1.82, 2.24) is 0 Å². The van der Waals surface area contributed by atoms with Gasteiger partial charge in [-0.05, 0) is 19.8 Å². The Balaban J connectivity index is 2.80. The molecule has 5 heteroatoms. The molecular weight excluding hydrogens is 185 g/mol. The van der Waals surface area contributed by atoms with Gasteiger partial charge < -0.3 is 4.74 Å². The van der Waals surface area contributed by atoms with E-state index in [1.165, 1.54) is 6.92 Å². The van der Waals surface area contributed by atoms with Crippen LogP contribution in [0.2, 0.25) is 0 Å². The van der Waals surface area contributed by atoms with Gasteiger partial charge in [-0.3, -0.25) is 0 Å². The number of hydrogen-bond donors (Lipinski definition) is 0. The molecule has 1 saturated carbocycles. The first-order valence-electron chi connectivity index (χ1n) is 4.18. The van der Waals surface area contributed by atoms with Crippen LogP contribution in [0.15, 0.2) is 0 Å². The molecule has 0 radical (unpaired) electrons. The van der Waals surface area contributed by atoms with Crippen molar-refractivity contribution in [2.75, 3.05) is 6.61 Å². The predicted octanol–water partition coefficient (Wildman–Crippen LogP) is 2.08. The van der Waals surface area contributed by atoms with Crippen molar-refractivity contribution in [3.8, 4) is 0 Å². The molecule has 0 aromatic carbocycles. The molecule has 0 amide bonds. The van der Waals surface area contributed by atoms with Gasteiger partial charge in [0.15, 0.2) is 0 Å². The highest BCUT2D eigenvalue weighted by Gasteiger charge is 2.64. The number of carbonyl (C=O) groups is 1. The van der Waals surface area contributed by atoms with Crippen LogP contribution in [-0.2, 0) is 9.53 Å². The molecule has 0 aromatic rings. The number of ether oxygens (including phenoxy) is 1. The van der Waals surface area contributed by atoms with Crippen molar-refractivity contribution >= 4 is 5.97 Å². The van der Waals surface area contributed by atoms with E-state index in [0.29, 0.717) is 0 Å². The lowest BCUT2D eigenvalue weighted by Gasteiger charge is -2.24. The first-order valence-corrected chi connectivity index (χ1v) is 4.18. The van der Waals surface area contributed by atoms with E-state index in [9.17, 15) is 18.0 Å². The Morgan fingerprint density at radius 2 is 2.00 bits per heavy atom. The Bertz CT molecular complexity index is 217. The summed E-state index contributed by atoms with van der Waals surface area (Å²) in [4.78, 5) is 10.9. The first-order chi connectivity index (χ1) is 5.94. The molecule has 0 bridgehead atoms. The molecule has 0 heterocycles. The van der Waals surface area contributed by atoms with Crippen LogP contribution in [0.1, 0.15) is 26.2 Å². The Hall–Kier alpha value is -0.740. The maximum absolute atomic E-state index is 13.4. The van der Waals surface area contributed by atoms with E-state index in [2.05, 4.69) is 4.74 Å². The molecule has 76 valence electrons. The van der Waals surface area contributed by atoms with Crippen molar-refractivity contribution in [2.45, 2.75) is 37.8 Å². The van der Waals surface area contributed by atoms with E-state index in [1.54, 1.807) is 0 Å². The first kappa shape index (κ1) is 10.3. The third-order valence-corrected chi connectivity index (χ3v) is 2.19. The number of esters is 1. The summed E-state index contributed by atoms with van der Waals surface area (Å²) in [6.07, 6.45) is -1.01. The van der Waals surface area contributed by atoms with Gasteiger partial charge in [0.25, 0.3) is 11.6 Å². The number of hydrogen-bond acceptors (Lipinski definition) is 2. The molecule has 1 fully saturated rings. The van der Waals surface area contributed by atoms with Crippen LogP contribution in [0.25, 0.3) is 0 Å². The summed E-state index contributed by atoms with van der Waals surface area (Å²) in [5.74, 6) is -5.00. The average Bonchev–Trinajstić information content (AvgIpc) is 2.28. The highest BCUT2D eigenvalue weighted by Crippen LogP contribution is 2.47. The van der Waals surface area contributed by atoms with Gasteiger partial charge in [0.2, 0.25) is 0 Å². The van der Waals surface area contributed by atoms with E-state index in [1.807, 2.05) is 0 Å². The van der Waals surface area contributed by atoms with Crippen LogP contribution in [0.3, 0.4) is 0 Å². The van der Waals surface area contributed by atoms with Gasteiger partial charge in [0.05, 0.1) is 6.61 Å². The topological polar surface area (TPSA) is 26.3 Å². The third kappa shape index (κ3) is 1.51. The van der Waals surface area contributed by atoms with Gasteiger partial charge in [-0.15, -0.1) is 0 Å². The smallest absolute Gasteiger partial charge is 0.350 e. The lowest BCUT2D eigenvalue weighted by molar-refractivity contribution is -0.182. The van der Waals surface area contributed by atoms with Gasteiger partial charge >= 0.3 is 5.97 Å². The maximum atomic E-state index is 13.4. The zero-order chi connectivity index (χ0) is 10.1. The summed E-state index contributed by atoms with van der Waals surface area (Å²) in [5.41, 5.74) is -3.09. The van der Waals surface area contributed by atoms with Crippen LogP contribution in [0.5, 0.6) is 0 Å². The summed E-state index contributed by atoms with van der Waals surface area (Å²) in [5, 5.41) is 0. The summed E-state index contributed by atoms with van der Waals surface area (Å²) in [7, 11) is 0. The maximum Gasteiger partial charge on any atom is 0.350 e. The minimum Gasteiger partial charge on any atom is -0.463 e. The molecule has 0 spiro atoms. The highest BCUT2D eigenvalue weighted by atomic mass is 19.3. The van der Waals surface area contributed by atoms with Crippen LogP contribution < -0.4 is 0 Å². The molecule has 1 aliphatic carbocycles. The van der Waals surface area contributed by atoms with Crippen LogP contribution in [0.4, 0.5) is 13.2 Å². The number of carbonyl (C=O) groups excluding carboxylic acids is 1. The van der Waals surface area contributed by atoms with E-state index in [0.717, 1.165) is 0 Å². The van der Waals surface area contributed by atoms with Crippen molar-refractivity contribution in [2.24, 2.45) is 0 Å². The van der Waals surface area contributed by atoms with Crippen LogP contribution in [0, 0.1) is 0 Å². The van der Waals surface area contributed by atoms with Crippen LogP contribution in [-0.4, -0.2) is 24.2 Å². The molecule has 1 rings (SSSR count). The molecular formula is C8H11F3O2. The molecule has 1 unspecified atom stereocenters. The predicted molar refractivity (Wildman–Crippen MR) is 39.3 cm³/mol. The number of alkyl halides is 3. The third-order valence-electron chi connectivity index (χ3n) is 2.19. The molecule has 0 N–H and O–H groups in total. The van der Waals surface area contributed by atoms with Gasteiger partial charge in [0.1, 0.15) is 0 Å². The lowest BCUT2D eigenvalue weighted by atomic mass is 10.0. The Kier molecular flexibility index (Phi) is 2.54. The summed E-state index contributed by atoms with van der Waals surface area (Å²) in [6, 6.07) is 0. The van der Waals surface area contributed by atoms with Gasteiger partial charge in [-0.2, -0.15) is 0 Å². The quantitative estimate of drug-likeness (QED) is 0.632. The van der Waals surface area contributed by atoms with Crippen molar-refractivity contribution < 1.29 is 22.7 Å². The standard InChI is InChI=1S/C8H11F3O2/c1-2-13-6(12)7(9)4-3-5-8(7,10)11/h2-5H2,1H3. The normalized spacial score (nSPS) is 31.7. The second kappa shape index (κ2) is 3.20. The molecule has 1 atom stereocenters. The Morgan fingerprint density at radius 1 is 1.38 bits per heavy atom. The fourth-order valence-corrected chi connectivity index (χ4v) is 1.43. The molecule has 13 heavy (non-hydrogen) atoms. The summed E-state index contributed by atoms with van der Waals surface area (Å²) < 4.78 is 43.5. The van der Waals surface area contributed by atoms with Crippen molar-refractivity contribution in [1.29, 1.82) is 0 Å². The van der Waals surface area contributed by atoms with Gasteiger partial charge in [-0.1, -0.05) is 0 Å². The second-order valence-electron chi connectivity index (χ2n) is 3.08. The molecule has 2 nitrogen and oxygen atoms in total. The summed E-state index contributed by atoms with van der Waals surface area (Å²) in [6.45, 7) is 1.37. The van der Waals surface area contributed by atoms with E-state index < -0.39 is 30.4 Å². The van der Waals surface area contributed by atoms with E-state index in [-0.39, 0.29) is 13.0 Å². The lowest BCUT2D eigenvalue weighted by Crippen LogP contribution is -2.47. The Labute approximate surface area is 74.1 Å². The number of halogens is 3. The SMILES string of the molecule is CCOC(=O)C1(F)CCCC1(F)F. The Morgan fingerprint density at radius 3 is 2.38 bits per heavy atom. The van der Waals surface area contributed by atoms with E-state index >= 15 is 0 Å². The monoisotopic (exact) mass is 196 g/mol. The number of rotatable bonds is 2. The zero-order valence-electron chi connectivity index (χ0n) is 7.28. The minimum atomic E-state index is -3.57. The molecule has 0 aliphatic heterocycles. The van der Waals surface area contributed by atoms with E-state index in [4.69, 9.17) is 0 Å². The van der Waals surface area contributed by atoms with Crippen molar-refractivity contribution in [3.05, 3.63) is 0 Å². The van der Waals surface area contributed by atoms with Gasteiger partial charge in [0, 0.05) is 6.42 Å². The largest absolute Gasteiger partial charge is 0.463 e. The molecule has 0 saturated heterocycles.